The molecule has 8 heteroatoms. The highest BCUT2D eigenvalue weighted by molar-refractivity contribution is 6.17. The molecule has 0 aliphatic heterocycles. The number of benzene rings is 1. The van der Waals surface area contributed by atoms with Crippen molar-refractivity contribution in [3.63, 3.8) is 0 Å². The quantitative estimate of drug-likeness (QED) is 0.538. The molecule has 0 bridgehead atoms. The molecule has 0 atom stereocenters. The van der Waals surface area contributed by atoms with Crippen molar-refractivity contribution in [2.24, 2.45) is 0 Å². The highest BCUT2D eigenvalue weighted by Gasteiger charge is 2.20. The minimum atomic E-state index is -1.49. The maximum absolute atomic E-state index is 13.7. The number of hydrogen-bond donors (Lipinski definition) is 1. The Morgan fingerprint density at radius 2 is 2.11 bits per heavy atom. The second-order valence-electron chi connectivity index (χ2n) is 5.74. The molecule has 0 spiro atoms. The van der Waals surface area contributed by atoms with E-state index in [4.69, 9.17) is 4.74 Å². The van der Waals surface area contributed by atoms with Crippen LogP contribution in [0.15, 0.2) is 53.7 Å². The van der Waals surface area contributed by atoms with Crippen LogP contribution in [0.5, 0.6) is 0 Å². The summed E-state index contributed by atoms with van der Waals surface area (Å²) in [6.07, 6.45) is 5.54. The van der Waals surface area contributed by atoms with E-state index in [0.717, 1.165) is 18.3 Å². The number of carbonyl (C=O) groups is 2. The predicted octanol–water partition coefficient (Wildman–Crippen LogP) is 2.80. The third-order valence-electron chi connectivity index (χ3n) is 3.93. The number of carboxylic acids is 1. The van der Waals surface area contributed by atoms with Crippen molar-refractivity contribution in [2.45, 2.75) is 6.92 Å². The van der Waals surface area contributed by atoms with Crippen LogP contribution < -0.4 is 5.43 Å². The number of pyridine rings is 2. The summed E-state index contributed by atoms with van der Waals surface area (Å²) in [5.74, 6) is -2.93. The number of hydrogen-bond acceptors (Lipinski definition) is 5. The van der Waals surface area contributed by atoms with E-state index in [-0.39, 0.29) is 23.2 Å². The summed E-state index contributed by atoms with van der Waals surface area (Å²) in [6, 6.07) is 6.71. The second kappa shape index (κ2) is 7.83. The lowest BCUT2D eigenvalue weighted by Gasteiger charge is -2.15. The van der Waals surface area contributed by atoms with E-state index in [9.17, 15) is 23.9 Å². The summed E-state index contributed by atoms with van der Waals surface area (Å²) in [4.78, 5) is 40.5. The average Bonchev–Trinajstić information content (AvgIpc) is 2.68. The van der Waals surface area contributed by atoms with Crippen molar-refractivity contribution in [3.8, 4) is 0 Å². The van der Waals surface area contributed by atoms with Crippen LogP contribution in [-0.2, 0) is 9.53 Å². The van der Waals surface area contributed by atoms with E-state index >= 15 is 0 Å². The molecule has 0 fully saturated rings. The largest absolute Gasteiger partial charge is 0.477 e. The Labute approximate surface area is 158 Å². The average molecular weight is 382 g/mol. The van der Waals surface area contributed by atoms with Gasteiger partial charge >= 0.3 is 11.9 Å². The van der Waals surface area contributed by atoms with Crippen LogP contribution in [0.2, 0.25) is 0 Å². The minimum Gasteiger partial charge on any atom is -0.477 e. The van der Waals surface area contributed by atoms with Gasteiger partial charge in [-0.05, 0) is 42.8 Å². The number of fused-ring (bicyclic) bond motifs is 1. The van der Waals surface area contributed by atoms with Crippen LogP contribution in [0.4, 0.5) is 4.39 Å². The normalized spacial score (nSPS) is 11.4. The first-order valence-corrected chi connectivity index (χ1v) is 8.29. The molecule has 0 aliphatic rings. The number of aromatic carboxylic acids is 1. The van der Waals surface area contributed by atoms with E-state index in [2.05, 4.69) is 4.98 Å². The van der Waals surface area contributed by atoms with E-state index in [1.807, 2.05) is 0 Å². The van der Waals surface area contributed by atoms with Gasteiger partial charge in [-0.1, -0.05) is 6.07 Å². The molecule has 2 aromatic heterocycles. The molecule has 0 radical (unpaired) electrons. The summed E-state index contributed by atoms with van der Waals surface area (Å²) < 4.78 is 20.0. The van der Waals surface area contributed by atoms with Gasteiger partial charge in [0, 0.05) is 24.0 Å². The molecular formula is C20H15FN2O5. The molecule has 0 aliphatic carbocycles. The van der Waals surface area contributed by atoms with Gasteiger partial charge in [0.15, 0.2) is 0 Å². The first-order chi connectivity index (χ1) is 13.4. The highest BCUT2D eigenvalue weighted by Crippen LogP contribution is 2.21. The van der Waals surface area contributed by atoms with Gasteiger partial charge in [-0.15, -0.1) is 0 Å². The van der Waals surface area contributed by atoms with Crippen molar-refractivity contribution >= 4 is 34.6 Å². The SMILES string of the molecule is CCOC(=O)/C(=C\c1cccnc1)n1cc(C(=O)O)c(=O)c2cc(F)ccc21. The van der Waals surface area contributed by atoms with Gasteiger partial charge in [-0.3, -0.25) is 9.78 Å². The molecule has 7 nitrogen and oxygen atoms in total. The van der Waals surface area contributed by atoms with E-state index in [1.54, 1.807) is 25.3 Å². The Hall–Kier alpha value is -3.81. The lowest BCUT2D eigenvalue weighted by Crippen LogP contribution is -2.21. The van der Waals surface area contributed by atoms with Gasteiger partial charge in [-0.25, -0.2) is 14.0 Å². The maximum atomic E-state index is 13.7. The highest BCUT2D eigenvalue weighted by atomic mass is 19.1. The number of ether oxygens (including phenoxy) is 1. The van der Waals surface area contributed by atoms with E-state index < -0.39 is 28.7 Å². The Morgan fingerprint density at radius 3 is 2.75 bits per heavy atom. The number of aromatic nitrogens is 2. The van der Waals surface area contributed by atoms with Gasteiger partial charge < -0.3 is 14.4 Å². The zero-order chi connectivity index (χ0) is 20.3. The van der Waals surface area contributed by atoms with Crippen LogP contribution in [0.3, 0.4) is 0 Å². The van der Waals surface area contributed by atoms with Crippen molar-refractivity contribution in [3.05, 3.63) is 76.1 Å². The summed E-state index contributed by atoms with van der Waals surface area (Å²) in [5.41, 5.74) is -0.771. The van der Waals surface area contributed by atoms with Crippen LogP contribution in [0.25, 0.3) is 22.7 Å². The fourth-order valence-electron chi connectivity index (χ4n) is 2.71. The summed E-state index contributed by atoms with van der Waals surface area (Å²) >= 11 is 0. The number of carboxylic acid groups (broad SMARTS) is 1. The van der Waals surface area contributed by atoms with Gasteiger partial charge in [0.1, 0.15) is 17.1 Å². The van der Waals surface area contributed by atoms with Gasteiger partial charge in [0.25, 0.3) is 0 Å². The topological polar surface area (TPSA) is 98.5 Å². The zero-order valence-electron chi connectivity index (χ0n) is 14.8. The second-order valence-corrected chi connectivity index (χ2v) is 5.74. The number of esters is 1. The molecule has 0 saturated heterocycles. The Bertz CT molecular complexity index is 1150. The lowest BCUT2D eigenvalue weighted by atomic mass is 10.1. The molecule has 0 amide bonds. The van der Waals surface area contributed by atoms with Gasteiger partial charge in [0.2, 0.25) is 5.43 Å². The molecule has 3 aromatic rings. The number of rotatable bonds is 5. The lowest BCUT2D eigenvalue weighted by molar-refractivity contribution is -0.136. The molecule has 28 heavy (non-hydrogen) atoms. The first kappa shape index (κ1) is 19.0. The van der Waals surface area contributed by atoms with E-state index in [1.165, 1.54) is 22.9 Å². The molecule has 1 aromatic carbocycles. The molecule has 3 rings (SSSR count). The fourth-order valence-corrected chi connectivity index (χ4v) is 2.71. The van der Waals surface area contributed by atoms with Crippen LogP contribution >= 0.6 is 0 Å². The molecule has 0 saturated carbocycles. The van der Waals surface area contributed by atoms with Crippen LogP contribution in [0.1, 0.15) is 22.8 Å². The van der Waals surface area contributed by atoms with Gasteiger partial charge in [-0.2, -0.15) is 0 Å². The summed E-state index contributed by atoms with van der Waals surface area (Å²) in [7, 11) is 0. The van der Waals surface area contributed by atoms with Crippen LogP contribution in [0, 0.1) is 5.82 Å². The fraction of sp³-hybridized carbons (Fsp3) is 0.100. The Morgan fingerprint density at radius 1 is 1.32 bits per heavy atom. The van der Waals surface area contributed by atoms with Crippen LogP contribution in [-0.4, -0.2) is 33.2 Å². The molecule has 1 N–H and O–H groups in total. The zero-order valence-corrected chi connectivity index (χ0v) is 14.8. The molecule has 0 unspecified atom stereocenters. The first-order valence-electron chi connectivity index (χ1n) is 8.29. The molecular weight excluding hydrogens is 367 g/mol. The molecule has 142 valence electrons. The predicted molar refractivity (Wildman–Crippen MR) is 100 cm³/mol. The summed E-state index contributed by atoms with van der Waals surface area (Å²) in [5, 5.41) is 9.21. The summed E-state index contributed by atoms with van der Waals surface area (Å²) in [6.45, 7) is 1.71. The van der Waals surface area contributed by atoms with E-state index in [0.29, 0.717) is 5.56 Å². The Kier molecular flexibility index (Phi) is 5.30. The molecule has 2 heterocycles. The standard InChI is InChI=1S/C20H15FN2O5/c1-2-28-20(27)17(8-12-4-3-7-22-10-12)23-11-15(19(25)26)18(24)14-9-13(21)5-6-16(14)23/h3-11H,2H2,1H3,(H,25,26)/b17-8+. The van der Waals surface area contributed by atoms with Crippen molar-refractivity contribution in [2.75, 3.05) is 6.61 Å². The number of nitrogens with zero attached hydrogens (tertiary/aromatic N) is 2. The third kappa shape index (κ3) is 3.66. The van der Waals surface area contributed by atoms with Crippen molar-refractivity contribution < 1.29 is 23.8 Å². The monoisotopic (exact) mass is 382 g/mol. The minimum absolute atomic E-state index is 0.0473. The maximum Gasteiger partial charge on any atom is 0.355 e. The number of halogens is 1. The van der Waals surface area contributed by atoms with Crippen molar-refractivity contribution in [1.29, 1.82) is 0 Å². The smallest absolute Gasteiger partial charge is 0.355 e. The van der Waals surface area contributed by atoms with Crippen molar-refractivity contribution in [1.82, 2.24) is 9.55 Å². The number of carbonyl (C=O) groups excluding carboxylic acids is 1. The third-order valence-corrected chi connectivity index (χ3v) is 3.93. The Balaban J connectivity index is 2.38. The van der Waals surface area contributed by atoms with Gasteiger partial charge in [0.05, 0.1) is 12.1 Å².